The topological polar surface area (TPSA) is 90.7 Å². The van der Waals surface area contributed by atoms with Gasteiger partial charge >= 0.3 is 0 Å². The van der Waals surface area contributed by atoms with Crippen LogP contribution in [0.5, 0.6) is 0 Å². The lowest BCUT2D eigenvalue weighted by Crippen LogP contribution is -2.58. The molecule has 2 aromatic heterocycles. The summed E-state index contributed by atoms with van der Waals surface area (Å²) in [6.07, 6.45) is 2.15. The van der Waals surface area contributed by atoms with Crippen LogP contribution in [0, 0.1) is 5.92 Å². The molecule has 0 spiro atoms. The number of aliphatic hydroxyl groups excluding tert-OH is 1. The lowest BCUT2D eigenvalue weighted by molar-refractivity contribution is -0.140. The molecule has 1 aliphatic carbocycles. The first-order valence-electron chi connectivity index (χ1n) is 15.3. The van der Waals surface area contributed by atoms with Gasteiger partial charge in [0.25, 0.3) is 5.56 Å². The van der Waals surface area contributed by atoms with Crippen LogP contribution in [0.15, 0.2) is 53.5 Å². The van der Waals surface area contributed by atoms with Crippen LogP contribution in [0.1, 0.15) is 76.6 Å². The van der Waals surface area contributed by atoms with Gasteiger partial charge in [0.05, 0.1) is 18.0 Å². The van der Waals surface area contributed by atoms with Crippen molar-refractivity contribution < 1.29 is 18.7 Å². The Labute approximate surface area is 251 Å². The molecule has 1 aliphatic heterocycles. The highest BCUT2D eigenvalue weighted by Gasteiger charge is 2.48. The van der Waals surface area contributed by atoms with Crippen molar-refractivity contribution in [2.45, 2.75) is 76.9 Å². The second-order valence-electron chi connectivity index (χ2n) is 12.5. The predicted octanol–water partition coefficient (Wildman–Crippen LogP) is 5.33. The van der Waals surface area contributed by atoms with E-state index < -0.39 is 17.4 Å². The summed E-state index contributed by atoms with van der Waals surface area (Å²) in [7, 11) is 0. The normalized spacial score (nSPS) is 20.2. The summed E-state index contributed by atoms with van der Waals surface area (Å²) in [6.45, 7) is 9.78. The van der Waals surface area contributed by atoms with E-state index in [1.807, 2.05) is 26.8 Å². The summed E-state index contributed by atoms with van der Waals surface area (Å²) in [5.74, 6) is -2.51. The number of rotatable bonds is 8. The van der Waals surface area contributed by atoms with Crippen molar-refractivity contribution in [2.75, 3.05) is 38.1 Å². The second-order valence-corrected chi connectivity index (χ2v) is 12.5. The van der Waals surface area contributed by atoms with Gasteiger partial charge in [-0.3, -0.25) is 14.5 Å². The van der Waals surface area contributed by atoms with Gasteiger partial charge in [0, 0.05) is 80.4 Å². The van der Waals surface area contributed by atoms with E-state index in [0.717, 1.165) is 22.0 Å². The highest BCUT2D eigenvalue weighted by Crippen LogP contribution is 2.48. The van der Waals surface area contributed by atoms with E-state index in [9.17, 15) is 23.5 Å². The van der Waals surface area contributed by atoms with Gasteiger partial charge in [0.2, 0.25) is 11.8 Å². The number of carbonyl (C=O) groups excluding carboxylic acids is 1. The number of carbonyl (C=O) groups is 1. The second kappa shape index (κ2) is 12.3. The van der Waals surface area contributed by atoms with Crippen molar-refractivity contribution in [1.82, 2.24) is 19.4 Å². The van der Waals surface area contributed by atoms with Gasteiger partial charge in [-0.2, -0.15) is 0 Å². The number of anilines is 1. The van der Waals surface area contributed by atoms with Gasteiger partial charge in [0.1, 0.15) is 5.82 Å². The van der Waals surface area contributed by atoms with Crippen LogP contribution in [0.2, 0.25) is 0 Å². The molecule has 0 bridgehead atoms. The molecule has 5 rings (SSSR count). The Morgan fingerprint density at radius 3 is 2.23 bits per heavy atom. The molecule has 10 heteroatoms. The number of halogens is 2. The van der Waals surface area contributed by atoms with E-state index in [1.165, 1.54) is 0 Å². The number of alkyl halides is 2. The smallest absolute Gasteiger partial charge is 0.251 e. The maximum absolute atomic E-state index is 14.4. The van der Waals surface area contributed by atoms with Crippen LogP contribution < -0.4 is 10.9 Å². The number of benzene rings is 1. The molecule has 1 unspecified atom stereocenters. The largest absolute Gasteiger partial charge is 0.396 e. The molecule has 1 amide bonds. The van der Waals surface area contributed by atoms with Crippen LogP contribution >= 0.6 is 0 Å². The van der Waals surface area contributed by atoms with Crippen molar-refractivity contribution in [2.24, 2.45) is 5.92 Å². The number of hydrogen-bond acceptors (Lipinski definition) is 6. The molecule has 232 valence electrons. The Balaban J connectivity index is 1.35. The lowest BCUT2D eigenvalue weighted by Gasteiger charge is -2.51. The zero-order chi connectivity index (χ0) is 30.9. The molecule has 1 aromatic carbocycles. The van der Waals surface area contributed by atoms with Crippen LogP contribution in [0.25, 0.3) is 10.9 Å². The van der Waals surface area contributed by atoms with Crippen molar-refractivity contribution in [3.8, 4) is 0 Å². The first-order valence-corrected chi connectivity index (χ1v) is 15.3. The van der Waals surface area contributed by atoms with Crippen molar-refractivity contribution in [1.29, 1.82) is 0 Å². The fourth-order valence-corrected chi connectivity index (χ4v) is 6.71. The molecule has 3 heterocycles. The quantitative estimate of drug-likeness (QED) is 0.366. The molecule has 8 nitrogen and oxygen atoms in total. The maximum Gasteiger partial charge on any atom is 0.251 e. The summed E-state index contributed by atoms with van der Waals surface area (Å²) in [6, 6.07) is 13.4. The average molecular weight is 596 g/mol. The Morgan fingerprint density at radius 1 is 0.977 bits per heavy atom. The molecule has 0 radical (unpaired) electrons. The van der Waals surface area contributed by atoms with Crippen molar-refractivity contribution >= 4 is 22.6 Å². The van der Waals surface area contributed by atoms with Gasteiger partial charge in [-0.05, 0) is 50.8 Å². The summed E-state index contributed by atoms with van der Waals surface area (Å²) >= 11 is 0. The molecule has 2 atom stereocenters. The number of nitrogens with one attached hydrogen (secondary N) is 1. The Morgan fingerprint density at radius 2 is 1.63 bits per heavy atom. The number of aromatic nitrogens is 2. The number of hydrogen-bond donors (Lipinski definition) is 2. The van der Waals surface area contributed by atoms with Gasteiger partial charge < -0.3 is 19.9 Å². The number of amides is 1. The zero-order valence-electron chi connectivity index (χ0n) is 25.5. The standard InChI is InChI=1S/C33H43F2N5O3/c1-22(2)40-28-19-29(36-20-26(28)7-10-30(40)42)37-24(4)25-5-8-27(9-6-25)32(11-13-33(34,35)14-12-32)39-17-15-38(16-18-39)31(43)23(3)21-41/h5-10,19-20,22-24,41H,11-18,21H2,1-4H3,(H,36,37)/t23?,24-/m0/s1. The summed E-state index contributed by atoms with van der Waals surface area (Å²) in [4.78, 5) is 33.8. The lowest BCUT2D eigenvalue weighted by atomic mass is 9.73. The summed E-state index contributed by atoms with van der Waals surface area (Å²) in [5, 5.41) is 13.8. The van der Waals surface area contributed by atoms with Crippen LogP contribution in [-0.2, 0) is 10.3 Å². The van der Waals surface area contributed by atoms with E-state index in [-0.39, 0.29) is 43.0 Å². The van der Waals surface area contributed by atoms with Crippen LogP contribution in [-0.4, -0.2) is 69.1 Å². The van der Waals surface area contributed by atoms with E-state index in [1.54, 1.807) is 34.7 Å². The van der Waals surface area contributed by atoms with Crippen molar-refractivity contribution in [3.63, 3.8) is 0 Å². The third kappa shape index (κ3) is 6.31. The number of nitrogens with zero attached hydrogens (tertiary/aromatic N) is 4. The maximum atomic E-state index is 14.4. The Hall–Kier alpha value is -3.37. The molecule has 1 saturated heterocycles. The highest BCUT2D eigenvalue weighted by molar-refractivity contribution is 5.80. The number of piperazine rings is 1. The van der Waals surface area contributed by atoms with E-state index in [2.05, 4.69) is 39.5 Å². The van der Waals surface area contributed by atoms with Gasteiger partial charge in [-0.25, -0.2) is 13.8 Å². The average Bonchev–Trinajstić information content (AvgIpc) is 3.00. The Kier molecular flexibility index (Phi) is 8.90. The molecular weight excluding hydrogens is 552 g/mol. The minimum absolute atomic E-state index is 0.0102. The monoisotopic (exact) mass is 595 g/mol. The van der Waals surface area contributed by atoms with Gasteiger partial charge in [0.15, 0.2) is 0 Å². The number of fused-ring (bicyclic) bond motifs is 1. The van der Waals surface area contributed by atoms with E-state index in [4.69, 9.17) is 0 Å². The SMILES string of the molecule is CC(CO)C(=O)N1CCN(C2(c3ccc([C@H](C)Nc4cc5c(ccc(=O)n5C(C)C)cn4)cc3)CCC(F)(F)CC2)CC1. The summed E-state index contributed by atoms with van der Waals surface area (Å²) in [5.41, 5.74) is 2.31. The first-order chi connectivity index (χ1) is 20.4. The first kappa shape index (κ1) is 31.1. The minimum atomic E-state index is -2.66. The fraction of sp³-hybridized carbons (Fsp3) is 0.545. The third-order valence-corrected chi connectivity index (χ3v) is 9.34. The van der Waals surface area contributed by atoms with Crippen LogP contribution in [0.3, 0.4) is 0 Å². The number of pyridine rings is 2. The predicted molar refractivity (Wildman–Crippen MR) is 164 cm³/mol. The molecule has 1 saturated carbocycles. The van der Waals surface area contributed by atoms with Crippen molar-refractivity contribution in [3.05, 3.63) is 70.1 Å². The number of aliphatic hydroxyl groups is 1. The molecule has 2 aliphatic rings. The minimum Gasteiger partial charge on any atom is -0.396 e. The molecule has 3 aromatic rings. The van der Waals surface area contributed by atoms with E-state index >= 15 is 0 Å². The van der Waals surface area contributed by atoms with E-state index in [0.29, 0.717) is 44.8 Å². The van der Waals surface area contributed by atoms with Gasteiger partial charge in [-0.1, -0.05) is 31.2 Å². The zero-order valence-corrected chi connectivity index (χ0v) is 25.5. The van der Waals surface area contributed by atoms with Crippen LogP contribution in [0.4, 0.5) is 14.6 Å². The molecular formula is C33H43F2N5O3. The molecule has 2 fully saturated rings. The summed E-state index contributed by atoms with van der Waals surface area (Å²) < 4.78 is 30.5. The Bertz CT molecular complexity index is 1490. The fourth-order valence-electron chi connectivity index (χ4n) is 6.71. The molecule has 43 heavy (non-hydrogen) atoms. The molecule has 2 N–H and O–H groups in total. The third-order valence-electron chi connectivity index (χ3n) is 9.34. The van der Waals surface area contributed by atoms with Gasteiger partial charge in [-0.15, -0.1) is 0 Å². The highest BCUT2D eigenvalue weighted by atomic mass is 19.3.